The third kappa shape index (κ3) is 2.82. The average Bonchev–Trinajstić information content (AvgIpc) is 3.43. The summed E-state index contributed by atoms with van der Waals surface area (Å²) >= 11 is 5.59. The zero-order valence-electron chi connectivity index (χ0n) is 17.2. The largest absolute Gasteiger partial charge is 0.493 e. The molecular formula is C22H22N6O2S. The maximum Gasteiger partial charge on any atom is 0.336 e. The van der Waals surface area contributed by atoms with Gasteiger partial charge in [0.25, 0.3) is 0 Å². The van der Waals surface area contributed by atoms with E-state index in [1.807, 2.05) is 0 Å². The van der Waals surface area contributed by atoms with Gasteiger partial charge >= 0.3 is 5.69 Å². The van der Waals surface area contributed by atoms with Crippen molar-refractivity contribution in [2.45, 2.75) is 32.4 Å². The number of nitrogens with one attached hydrogen (secondary N) is 1. The topological polar surface area (TPSA) is 99.1 Å². The Labute approximate surface area is 184 Å². The maximum atomic E-state index is 13.4. The average molecular weight is 435 g/mol. The molecular weight excluding hydrogens is 412 g/mol. The molecule has 2 unspecified atom stereocenters. The zero-order chi connectivity index (χ0) is 21.9. The Morgan fingerprint density at radius 1 is 1.42 bits per heavy atom. The lowest BCUT2D eigenvalue weighted by atomic mass is 10.1. The summed E-state index contributed by atoms with van der Waals surface area (Å²) in [7, 11) is 0. The van der Waals surface area contributed by atoms with Crippen LogP contribution in [0.5, 0.6) is 5.88 Å². The van der Waals surface area contributed by atoms with E-state index in [1.165, 1.54) is 4.57 Å². The van der Waals surface area contributed by atoms with Crippen molar-refractivity contribution in [2.24, 2.45) is 5.92 Å². The Hall–Kier alpha value is -3.38. The number of rotatable bonds is 3. The van der Waals surface area contributed by atoms with Gasteiger partial charge in [-0.25, -0.2) is 9.36 Å². The Kier molecular flexibility index (Phi) is 4.48. The second-order valence-electron chi connectivity index (χ2n) is 8.48. The van der Waals surface area contributed by atoms with Crippen LogP contribution in [0.4, 0.5) is 0 Å². The molecule has 1 aromatic carbocycles. The SMILES string of the molecule is CC(C)CNC(=S)N1CC2CC1c1c(O)n(-c3ccc(C#N)c4ncccc34)c(=O)n12. The lowest BCUT2D eigenvalue weighted by molar-refractivity contribution is 0.332. The van der Waals surface area contributed by atoms with E-state index in [0.29, 0.717) is 45.4 Å². The molecule has 0 spiro atoms. The van der Waals surface area contributed by atoms with Crippen molar-refractivity contribution in [3.8, 4) is 17.6 Å². The Balaban J connectivity index is 1.61. The van der Waals surface area contributed by atoms with Gasteiger partial charge in [-0.3, -0.25) is 9.55 Å². The molecule has 0 aliphatic carbocycles. The molecule has 1 fully saturated rings. The number of fused-ring (bicyclic) bond motifs is 6. The fourth-order valence-electron chi connectivity index (χ4n) is 4.72. The highest BCUT2D eigenvalue weighted by Crippen LogP contribution is 2.48. The number of imidazole rings is 1. The van der Waals surface area contributed by atoms with Gasteiger partial charge in [0.05, 0.1) is 28.9 Å². The summed E-state index contributed by atoms with van der Waals surface area (Å²) in [6.45, 7) is 5.65. The molecule has 2 atom stereocenters. The number of benzene rings is 1. The summed E-state index contributed by atoms with van der Waals surface area (Å²) in [6, 6.07) is 8.82. The number of likely N-dealkylation sites (tertiary alicyclic amines) is 1. The highest BCUT2D eigenvalue weighted by Gasteiger charge is 2.48. The van der Waals surface area contributed by atoms with Gasteiger partial charge < -0.3 is 15.3 Å². The molecule has 2 bridgehead atoms. The van der Waals surface area contributed by atoms with Crippen molar-refractivity contribution in [1.82, 2.24) is 24.3 Å². The van der Waals surface area contributed by atoms with Crippen LogP contribution in [0.1, 0.15) is 43.6 Å². The summed E-state index contributed by atoms with van der Waals surface area (Å²) in [5, 5.41) is 25.2. The quantitative estimate of drug-likeness (QED) is 0.611. The van der Waals surface area contributed by atoms with Crippen molar-refractivity contribution in [1.29, 1.82) is 5.26 Å². The summed E-state index contributed by atoms with van der Waals surface area (Å²) < 4.78 is 3.02. The third-order valence-corrected chi connectivity index (χ3v) is 6.47. The zero-order valence-corrected chi connectivity index (χ0v) is 18.1. The van der Waals surface area contributed by atoms with Gasteiger partial charge in [-0.05, 0) is 48.8 Å². The van der Waals surface area contributed by atoms with Gasteiger partial charge in [0.1, 0.15) is 11.8 Å². The second-order valence-corrected chi connectivity index (χ2v) is 8.86. The van der Waals surface area contributed by atoms with E-state index < -0.39 is 0 Å². The molecule has 0 amide bonds. The summed E-state index contributed by atoms with van der Waals surface area (Å²) in [4.78, 5) is 19.8. The predicted molar refractivity (Wildman–Crippen MR) is 120 cm³/mol. The minimum absolute atomic E-state index is 0.0405. The lowest BCUT2D eigenvalue weighted by Gasteiger charge is -2.30. The number of nitriles is 1. The van der Waals surface area contributed by atoms with Gasteiger partial charge in [0.2, 0.25) is 5.88 Å². The predicted octanol–water partition coefficient (Wildman–Crippen LogP) is 2.60. The van der Waals surface area contributed by atoms with Crippen LogP contribution in [0.15, 0.2) is 35.3 Å². The number of thiocarbonyl (C=S) groups is 1. The minimum Gasteiger partial charge on any atom is -0.493 e. The molecule has 2 N–H and O–H groups in total. The van der Waals surface area contributed by atoms with Gasteiger partial charge in [-0.1, -0.05) is 13.8 Å². The van der Waals surface area contributed by atoms with Crippen LogP contribution < -0.4 is 11.0 Å². The summed E-state index contributed by atoms with van der Waals surface area (Å²) in [5.74, 6) is 0.382. The Morgan fingerprint density at radius 2 is 2.23 bits per heavy atom. The van der Waals surface area contributed by atoms with Gasteiger partial charge in [0, 0.05) is 24.7 Å². The van der Waals surface area contributed by atoms with E-state index in [2.05, 4.69) is 35.1 Å². The monoisotopic (exact) mass is 434 g/mol. The van der Waals surface area contributed by atoms with Crippen molar-refractivity contribution in [3.63, 3.8) is 0 Å². The lowest BCUT2D eigenvalue weighted by Crippen LogP contribution is -2.44. The first-order chi connectivity index (χ1) is 14.9. The first-order valence-corrected chi connectivity index (χ1v) is 10.7. The van der Waals surface area contributed by atoms with Crippen LogP contribution in [0.25, 0.3) is 16.6 Å². The molecule has 0 radical (unpaired) electrons. The second kappa shape index (κ2) is 7.10. The van der Waals surface area contributed by atoms with Crippen LogP contribution in [-0.4, -0.2) is 42.3 Å². The number of hydrogen-bond donors (Lipinski definition) is 2. The van der Waals surface area contributed by atoms with Crippen LogP contribution in [0.3, 0.4) is 0 Å². The van der Waals surface area contributed by atoms with Crippen LogP contribution in [-0.2, 0) is 0 Å². The van der Waals surface area contributed by atoms with Crippen molar-refractivity contribution in [3.05, 3.63) is 52.2 Å². The molecule has 2 aromatic heterocycles. The standard InChI is InChI=1S/C22H22N6O2S/c1-12(2)10-25-21(31)26-11-14-8-17(26)19-20(29)28(22(30)27(14)19)16-6-5-13(9-23)18-15(16)4-3-7-24-18/h3-7,12,14,17,29H,8,10-11H2,1-2H3,(H,25,31). The highest BCUT2D eigenvalue weighted by atomic mass is 32.1. The minimum atomic E-state index is -0.282. The van der Waals surface area contributed by atoms with E-state index in [0.717, 1.165) is 13.0 Å². The first-order valence-electron chi connectivity index (χ1n) is 10.3. The molecule has 31 heavy (non-hydrogen) atoms. The number of pyridine rings is 1. The van der Waals surface area contributed by atoms with Gasteiger partial charge in [-0.2, -0.15) is 5.26 Å². The first kappa shape index (κ1) is 19.6. The fourth-order valence-corrected chi connectivity index (χ4v) is 5.01. The van der Waals surface area contributed by atoms with E-state index >= 15 is 0 Å². The smallest absolute Gasteiger partial charge is 0.336 e. The highest BCUT2D eigenvalue weighted by molar-refractivity contribution is 7.80. The van der Waals surface area contributed by atoms with Crippen LogP contribution in [0.2, 0.25) is 0 Å². The van der Waals surface area contributed by atoms with Crippen molar-refractivity contribution >= 4 is 28.2 Å². The number of nitrogens with zero attached hydrogens (tertiary/aromatic N) is 5. The third-order valence-electron chi connectivity index (χ3n) is 6.09. The summed E-state index contributed by atoms with van der Waals surface area (Å²) in [6.07, 6.45) is 2.36. The van der Waals surface area contributed by atoms with E-state index in [4.69, 9.17) is 12.2 Å². The number of aromatic hydroxyl groups is 1. The molecule has 5 rings (SSSR count). The maximum absolute atomic E-state index is 13.4. The van der Waals surface area contributed by atoms with Crippen molar-refractivity contribution in [2.75, 3.05) is 13.1 Å². The molecule has 2 aliphatic rings. The van der Waals surface area contributed by atoms with Crippen molar-refractivity contribution < 1.29 is 5.11 Å². The van der Waals surface area contributed by atoms with E-state index in [9.17, 15) is 15.2 Å². The molecule has 2 aliphatic heterocycles. The van der Waals surface area contributed by atoms with Gasteiger partial charge in [0.15, 0.2) is 5.11 Å². The van der Waals surface area contributed by atoms with Gasteiger partial charge in [-0.15, -0.1) is 0 Å². The molecule has 1 saturated heterocycles. The Bertz CT molecular complexity index is 1320. The molecule has 4 heterocycles. The molecule has 158 valence electrons. The summed E-state index contributed by atoms with van der Waals surface area (Å²) in [5.41, 5.74) is 1.75. The fraction of sp³-hybridized carbons (Fsp3) is 0.364. The molecule has 8 nitrogen and oxygen atoms in total. The Morgan fingerprint density at radius 3 is 2.97 bits per heavy atom. The number of hydrogen-bond acceptors (Lipinski definition) is 5. The van der Waals surface area contributed by atoms with E-state index in [-0.39, 0.29) is 23.7 Å². The van der Waals surface area contributed by atoms with E-state index in [1.54, 1.807) is 35.0 Å². The molecule has 9 heteroatoms. The molecule has 0 saturated carbocycles. The van der Waals surface area contributed by atoms with Crippen LogP contribution >= 0.6 is 12.2 Å². The molecule has 3 aromatic rings. The normalized spacial score (nSPS) is 19.1. The number of aromatic nitrogens is 3. The van der Waals surface area contributed by atoms with Crippen LogP contribution in [0, 0.1) is 17.2 Å².